The highest BCUT2D eigenvalue weighted by Crippen LogP contribution is 2.15. The van der Waals surface area contributed by atoms with Gasteiger partial charge in [-0.2, -0.15) is 0 Å². The molecule has 0 bridgehead atoms. The van der Waals surface area contributed by atoms with Crippen molar-refractivity contribution >= 4 is 11.9 Å². The van der Waals surface area contributed by atoms with Crippen molar-refractivity contribution in [2.75, 3.05) is 58.9 Å². The second kappa shape index (κ2) is 9.11. The van der Waals surface area contributed by atoms with E-state index in [4.69, 9.17) is 4.99 Å². The lowest BCUT2D eigenvalue weighted by atomic mass is 10.0. The number of carbonyl (C=O) groups excluding carboxylic acids is 1. The van der Waals surface area contributed by atoms with Crippen LogP contribution in [0.2, 0.25) is 0 Å². The number of rotatable bonds is 4. The Kier molecular flexibility index (Phi) is 7.15. The molecule has 2 heterocycles. The standard InChI is InChI=1S/C17H33N5O/c1-4-18-17(22-8-5-6-15(2)14-22)19-7-9-20-10-12-21(13-11-20)16(3)23/h15H,4-14H2,1-3H3,(H,18,19). The van der Waals surface area contributed by atoms with Crippen molar-refractivity contribution in [2.24, 2.45) is 10.9 Å². The van der Waals surface area contributed by atoms with E-state index in [-0.39, 0.29) is 5.91 Å². The fourth-order valence-corrected chi connectivity index (χ4v) is 3.39. The molecule has 2 saturated heterocycles. The normalized spacial score (nSPS) is 24.0. The van der Waals surface area contributed by atoms with Gasteiger partial charge in [0.05, 0.1) is 6.54 Å². The number of guanidine groups is 1. The van der Waals surface area contributed by atoms with E-state index < -0.39 is 0 Å². The van der Waals surface area contributed by atoms with E-state index in [0.717, 1.165) is 70.8 Å². The summed E-state index contributed by atoms with van der Waals surface area (Å²) in [5.74, 6) is 2.02. The van der Waals surface area contributed by atoms with Crippen molar-refractivity contribution in [1.82, 2.24) is 20.0 Å². The second-order valence-corrected chi connectivity index (χ2v) is 6.78. The Bertz CT molecular complexity index is 404. The first-order valence-electron chi connectivity index (χ1n) is 9.11. The van der Waals surface area contributed by atoms with Crippen LogP contribution >= 0.6 is 0 Å². The topological polar surface area (TPSA) is 51.2 Å². The van der Waals surface area contributed by atoms with Crippen molar-refractivity contribution in [1.29, 1.82) is 0 Å². The summed E-state index contributed by atoms with van der Waals surface area (Å²) in [7, 11) is 0. The van der Waals surface area contributed by atoms with Gasteiger partial charge in [-0.25, -0.2) is 0 Å². The monoisotopic (exact) mass is 323 g/mol. The fourth-order valence-electron chi connectivity index (χ4n) is 3.39. The summed E-state index contributed by atoms with van der Waals surface area (Å²) >= 11 is 0. The highest BCUT2D eigenvalue weighted by molar-refractivity contribution is 5.80. The van der Waals surface area contributed by atoms with E-state index in [9.17, 15) is 4.79 Å². The van der Waals surface area contributed by atoms with Crippen LogP contribution in [0.25, 0.3) is 0 Å². The first-order valence-corrected chi connectivity index (χ1v) is 9.11. The molecule has 132 valence electrons. The van der Waals surface area contributed by atoms with Crippen molar-refractivity contribution in [3.8, 4) is 0 Å². The zero-order chi connectivity index (χ0) is 16.7. The van der Waals surface area contributed by atoms with E-state index >= 15 is 0 Å². The summed E-state index contributed by atoms with van der Waals surface area (Å²) < 4.78 is 0. The lowest BCUT2D eigenvalue weighted by molar-refractivity contribution is -0.130. The van der Waals surface area contributed by atoms with Gasteiger partial charge in [0.2, 0.25) is 5.91 Å². The van der Waals surface area contributed by atoms with Crippen LogP contribution in [0.5, 0.6) is 0 Å². The maximum absolute atomic E-state index is 11.4. The van der Waals surface area contributed by atoms with Crippen LogP contribution in [-0.2, 0) is 4.79 Å². The number of hydrogen-bond acceptors (Lipinski definition) is 3. The number of carbonyl (C=O) groups is 1. The molecule has 1 atom stereocenters. The van der Waals surface area contributed by atoms with E-state index in [1.807, 2.05) is 4.90 Å². The number of amides is 1. The van der Waals surface area contributed by atoms with Gasteiger partial charge < -0.3 is 15.1 Å². The Balaban J connectivity index is 1.78. The molecule has 2 aliphatic rings. The molecule has 0 saturated carbocycles. The quantitative estimate of drug-likeness (QED) is 0.615. The summed E-state index contributed by atoms with van der Waals surface area (Å²) in [6.07, 6.45) is 2.59. The first-order chi connectivity index (χ1) is 11.1. The van der Waals surface area contributed by atoms with Crippen LogP contribution in [0, 0.1) is 5.92 Å². The predicted molar refractivity (Wildman–Crippen MR) is 94.6 cm³/mol. The molecule has 0 aromatic carbocycles. The number of nitrogens with one attached hydrogen (secondary N) is 1. The lowest BCUT2D eigenvalue weighted by Gasteiger charge is -2.35. The number of hydrogen-bond donors (Lipinski definition) is 1. The van der Waals surface area contributed by atoms with Gasteiger partial charge >= 0.3 is 0 Å². The minimum absolute atomic E-state index is 0.191. The molecule has 1 N–H and O–H groups in total. The second-order valence-electron chi connectivity index (χ2n) is 6.78. The van der Waals surface area contributed by atoms with Crippen LogP contribution in [0.4, 0.5) is 0 Å². The van der Waals surface area contributed by atoms with Gasteiger partial charge in [0.25, 0.3) is 0 Å². The highest BCUT2D eigenvalue weighted by Gasteiger charge is 2.20. The van der Waals surface area contributed by atoms with Crippen LogP contribution in [0.3, 0.4) is 0 Å². The molecule has 6 nitrogen and oxygen atoms in total. The summed E-state index contributed by atoms with van der Waals surface area (Å²) in [4.78, 5) is 22.9. The molecule has 23 heavy (non-hydrogen) atoms. The highest BCUT2D eigenvalue weighted by atomic mass is 16.2. The van der Waals surface area contributed by atoms with Gasteiger partial charge in [0.15, 0.2) is 5.96 Å². The minimum Gasteiger partial charge on any atom is -0.357 e. The van der Waals surface area contributed by atoms with E-state index in [0.29, 0.717) is 0 Å². The van der Waals surface area contributed by atoms with Crippen LogP contribution < -0.4 is 5.32 Å². The molecule has 2 rings (SSSR count). The van der Waals surface area contributed by atoms with Gasteiger partial charge in [0, 0.05) is 59.3 Å². The van der Waals surface area contributed by atoms with Crippen molar-refractivity contribution in [2.45, 2.75) is 33.6 Å². The van der Waals surface area contributed by atoms with Gasteiger partial charge in [-0.3, -0.25) is 14.7 Å². The molecule has 0 aromatic rings. The number of likely N-dealkylation sites (tertiary alicyclic amines) is 1. The molecule has 2 fully saturated rings. The molecule has 1 amide bonds. The Labute approximate surface area is 140 Å². The molecule has 0 aromatic heterocycles. The minimum atomic E-state index is 0.191. The summed E-state index contributed by atoms with van der Waals surface area (Å²) in [5.41, 5.74) is 0. The van der Waals surface area contributed by atoms with Crippen LogP contribution in [0.1, 0.15) is 33.6 Å². The van der Waals surface area contributed by atoms with E-state index in [1.165, 1.54) is 12.8 Å². The number of piperazine rings is 1. The Morgan fingerprint density at radius 3 is 2.52 bits per heavy atom. The van der Waals surface area contributed by atoms with Gasteiger partial charge in [0.1, 0.15) is 0 Å². The van der Waals surface area contributed by atoms with Gasteiger partial charge in [-0.05, 0) is 25.7 Å². The smallest absolute Gasteiger partial charge is 0.219 e. The summed E-state index contributed by atoms with van der Waals surface area (Å²) in [6.45, 7) is 14.7. The average Bonchev–Trinajstić information content (AvgIpc) is 2.54. The Hall–Kier alpha value is -1.30. The largest absolute Gasteiger partial charge is 0.357 e. The average molecular weight is 323 g/mol. The van der Waals surface area contributed by atoms with Crippen molar-refractivity contribution in [3.63, 3.8) is 0 Å². The molecule has 0 aliphatic carbocycles. The predicted octanol–water partition coefficient (Wildman–Crippen LogP) is 0.848. The lowest BCUT2D eigenvalue weighted by Crippen LogP contribution is -2.49. The third-order valence-corrected chi connectivity index (χ3v) is 4.79. The Morgan fingerprint density at radius 2 is 1.91 bits per heavy atom. The molecule has 2 aliphatic heterocycles. The third-order valence-electron chi connectivity index (χ3n) is 4.79. The maximum atomic E-state index is 11.4. The molecule has 0 radical (unpaired) electrons. The zero-order valence-electron chi connectivity index (χ0n) is 15.1. The molecular weight excluding hydrogens is 290 g/mol. The third kappa shape index (κ3) is 5.68. The van der Waals surface area contributed by atoms with Crippen LogP contribution in [0.15, 0.2) is 4.99 Å². The summed E-state index contributed by atoms with van der Waals surface area (Å²) in [5, 5.41) is 3.44. The first kappa shape index (κ1) is 18.0. The van der Waals surface area contributed by atoms with Crippen molar-refractivity contribution < 1.29 is 4.79 Å². The number of aliphatic imine (C=N–C) groups is 1. The van der Waals surface area contributed by atoms with E-state index in [2.05, 4.69) is 29.0 Å². The number of piperidine rings is 1. The molecule has 1 unspecified atom stereocenters. The van der Waals surface area contributed by atoms with Gasteiger partial charge in [-0.1, -0.05) is 6.92 Å². The zero-order valence-corrected chi connectivity index (χ0v) is 15.1. The number of nitrogens with zero attached hydrogens (tertiary/aromatic N) is 4. The Morgan fingerprint density at radius 1 is 1.17 bits per heavy atom. The SMILES string of the molecule is CCNC(=NCCN1CCN(C(C)=O)CC1)N1CCCC(C)C1. The van der Waals surface area contributed by atoms with Gasteiger partial charge in [-0.15, -0.1) is 0 Å². The fraction of sp³-hybridized carbons (Fsp3) is 0.882. The van der Waals surface area contributed by atoms with E-state index in [1.54, 1.807) is 6.92 Å². The molecule has 0 spiro atoms. The summed E-state index contributed by atoms with van der Waals surface area (Å²) in [6, 6.07) is 0. The van der Waals surface area contributed by atoms with Crippen LogP contribution in [-0.4, -0.2) is 85.5 Å². The molecule has 6 heteroatoms. The maximum Gasteiger partial charge on any atom is 0.219 e. The molecular formula is C17H33N5O. The van der Waals surface area contributed by atoms with Crippen molar-refractivity contribution in [3.05, 3.63) is 0 Å².